The molecule has 2 N–H and O–H groups in total. The minimum absolute atomic E-state index is 0.158. The molecule has 1 aliphatic carbocycles. The second-order valence-electron chi connectivity index (χ2n) is 5.17. The van der Waals surface area contributed by atoms with E-state index in [0.29, 0.717) is 17.9 Å². The summed E-state index contributed by atoms with van der Waals surface area (Å²) in [6, 6.07) is 5.31. The quantitative estimate of drug-likeness (QED) is 0.606. The van der Waals surface area contributed by atoms with Crippen molar-refractivity contribution in [3.05, 3.63) is 29.3 Å². The van der Waals surface area contributed by atoms with E-state index in [2.05, 4.69) is 5.16 Å². The molecule has 6 nitrogen and oxygen atoms in total. The Morgan fingerprint density at radius 2 is 2.05 bits per heavy atom. The van der Waals surface area contributed by atoms with Crippen LogP contribution < -0.4 is 4.74 Å². The summed E-state index contributed by atoms with van der Waals surface area (Å²) >= 11 is 0. The third kappa shape index (κ3) is 2.38. The van der Waals surface area contributed by atoms with Crippen LogP contribution in [0.4, 0.5) is 0 Å². The zero-order valence-electron chi connectivity index (χ0n) is 10.7. The molecule has 0 bridgehead atoms. The Balaban J connectivity index is 1.80. The van der Waals surface area contributed by atoms with Gasteiger partial charge in [0, 0.05) is 5.56 Å². The van der Waals surface area contributed by atoms with E-state index in [1.54, 1.807) is 12.1 Å². The lowest BCUT2D eigenvalue weighted by Gasteiger charge is -2.16. The highest BCUT2D eigenvalue weighted by molar-refractivity contribution is 7.91. The average molecular weight is 297 g/mol. The van der Waals surface area contributed by atoms with E-state index in [0.717, 1.165) is 17.5 Å². The van der Waals surface area contributed by atoms with Gasteiger partial charge in [-0.05, 0) is 36.6 Å². The molecular weight excluding hydrogens is 282 g/mol. The second kappa shape index (κ2) is 4.75. The molecular formula is C13H15NO5S. The summed E-state index contributed by atoms with van der Waals surface area (Å²) in [7, 11) is -3.22. The van der Waals surface area contributed by atoms with Crippen molar-refractivity contribution < 1.29 is 23.5 Å². The van der Waals surface area contributed by atoms with Crippen LogP contribution in [0.25, 0.3) is 0 Å². The Hall–Kier alpha value is -1.60. The van der Waals surface area contributed by atoms with Gasteiger partial charge in [-0.1, -0.05) is 5.16 Å². The van der Waals surface area contributed by atoms with E-state index in [9.17, 15) is 13.5 Å². The molecule has 2 aliphatic rings. The van der Waals surface area contributed by atoms with Crippen LogP contribution in [0.1, 0.15) is 17.5 Å². The minimum atomic E-state index is -3.22. The molecule has 20 heavy (non-hydrogen) atoms. The van der Waals surface area contributed by atoms with Gasteiger partial charge in [-0.3, -0.25) is 0 Å². The monoisotopic (exact) mass is 297 g/mol. The highest BCUT2D eigenvalue weighted by Gasteiger charge is 2.38. The Morgan fingerprint density at radius 3 is 2.70 bits per heavy atom. The van der Waals surface area contributed by atoms with Crippen molar-refractivity contribution in [1.82, 2.24) is 0 Å². The van der Waals surface area contributed by atoms with E-state index >= 15 is 0 Å². The van der Waals surface area contributed by atoms with Gasteiger partial charge in [0.1, 0.15) is 18.0 Å². The first-order valence-corrected chi connectivity index (χ1v) is 8.20. The summed E-state index contributed by atoms with van der Waals surface area (Å²) in [5.41, 5.74) is 2.54. The Bertz CT molecular complexity index is 667. The number of benzene rings is 1. The summed E-state index contributed by atoms with van der Waals surface area (Å²) in [5, 5.41) is 21.8. The lowest BCUT2D eigenvalue weighted by molar-refractivity contribution is 0.0737. The summed E-state index contributed by atoms with van der Waals surface area (Å²) in [6.07, 6.45) is -0.263. The fourth-order valence-electron chi connectivity index (χ4n) is 2.71. The van der Waals surface area contributed by atoms with Crippen LogP contribution >= 0.6 is 0 Å². The number of rotatable bonds is 2. The molecule has 1 aliphatic heterocycles. The standard InChI is InChI=1S/C13H15NO5S/c15-12-6-20(17,18)7-13(12)19-9-2-3-10-8(5-9)1-4-11(10)14-16/h2-3,5,12-13,15-16H,1,4,6-7H2/b14-11-. The van der Waals surface area contributed by atoms with E-state index in [1.807, 2.05) is 6.07 Å². The number of oxime groups is 1. The predicted octanol–water partition coefficient (Wildman–Crippen LogP) is 0.348. The number of aliphatic hydroxyl groups is 1. The molecule has 2 unspecified atom stereocenters. The molecule has 7 heteroatoms. The van der Waals surface area contributed by atoms with Gasteiger partial charge < -0.3 is 15.1 Å². The van der Waals surface area contributed by atoms with Crippen molar-refractivity contribution in [1.29, 1.82) is 0 Å². The van der Waals surface area contributed by atoms with Gasteiger partial charge in [-0.2, -0.15) is 0 Å². The Kier molecular flexibility index (Phi) is 3.18. The van der Waals surface area contributed by atoms with Crippen LogP contribution in [0.5, 0.6) is 5.75 Å². The van der Waals surface area contributed by atoms with Crippen molar-refractivity contribution in [3.63, 3.8) is 0 Å². The van der Waals surface area contributed by atoms with Gasteiger partial charge in [0.15, 0.2) is 9.84 Å². The first-order chi connectivity index (χ1) is 9.48. The molecule has 0 amide bonds. The van der Waals surface area contributed by atoms with Crippen LogP contribution in [0.2, 0.25) is 0 Å². The lowest BCUT2D eigenvalue weighted by atomic mass is 10.1. The van der Waals surface area contributed by atoms with Gasteiger partial charge in [0.2, 0.25) is 0 Å². The molecule has 108 valence electrons. The first kappa shape index (κ1) is 13.4. The number of aryl methyl sites for hydroxylation is 1. The van der Waals surface area contributed by atoms with Gasteiger partial charge in [-0.25, -0.2) is 8.42 Å². The highest BCUT2D eigenvalue weighted by Crippen LogP contribution is 2.28. The fourth-order valence-corrected chi connectivity index (χ4v) is 4.37. The molecule has 1 aromatic rings. The van der Waals surface area contributed by atoms with E-state index < -0.39 is 22.0 Å². The van der Waals surface area contributed by atoms with Crippen LogP contribution in [0.15, 0.2) is 23.4 Å². The molecule has 1 saturated heterocycles. The number of ether oxygens (including phenoxy) is 1. The summed E-state index contributed by atoms with van der Waals surface area (Å²) in [5.74, 6) is 0.127. The number of sulfone groups is 1. The van der Waals surface area contributed by atoms with Crippen molar-refractivity contribution in [2.24, 2.45) is 5.16 Å². The topological polar surface area (TPSA) is 96.2 Å². The fraction of sp³-hybridized carbons (Fsp3) is 0.462. The maximum Gasteiger partial charge on any atom is 0.156 e. The van der Waals surface area contributed by atoms with E-state index in [-0.39, 0.29) is 11.5 Å². The van der Waals surface area contributed by atoms with Crippen LogP contribution in [0, 0.1) is 0 Å². The normalized spacial score (nSPS) is 29.6. The SMILES string of the molecule is O=S1(=O)CC(O)C(Oc2ccc3c(c2)CC/C3=N/O)C1. The van der Waals surface area contributed by atoms with Gasteiger partial charge in [0.05, 0.1) is 17.2 Å². The zero-order chi connectivity index (χ0) is 14.3. The van der Waals surface area contributed by atoms with Crippen LogP contribution in [-0.4, -0.2) is 48.2 Å². The molecule has 0 spiro atoms. The van der Waals surface area contributed by atoms with Gasteiger partial charge in [0.25, 0.3) is 0 Å². The van der Waals surface area contributed by atoms with E-state index in [1.165, 1.54) is 0 Å². The Morgan fingerprint density at radius 1 is 1.25 bits per heavy atom. The zero-order valence-corrected chi connectivity index (χ0v) is 11.5. The maximum atomic E-state index is 11.4. The molecule has 0 aromatic heterocycles. The highest BCUT2D eigenvalue weighted by atomic mass is 32.2. The smallest absolute Gasteiger partial charge is 0.156 e. The van der Waals surface area contributed by atoms with Crippen molar-refractivity contribution in [2.45, 2.75) is 25.0 Å². The molecule has 1 heterocycles. The second-order valence-corrected chi connectivity index (χ2v) is 7.32. The predicted molar refractivity (Wildman–Crippen MR) is 72.2 cm³/mol. The maximum absolute atomic E-state index is 11.4. The molecule has 3 rings (SSSR count). The third-order valence-corrected chi connectivity index (χ3v) is 5.38. The number of fused-ring (bicyclic) bond motifs is 1. The first-order valence-electron chi connectivity index (χ1n) is 6.38. The molecule has 2 atom stereocenters. The minimum Gasteiger partial charge on any atom is -0.487 e. The van der Waals surface area contributed by atoms with Gasteiger partial charge in [-0.15, -0.1) is 0 Å². The number of aliphatic hydroxyl groups excluding tert-OH is 1. The Labute approximate surface area is 116 Å². The summed E-state index contributed by atoms with van der Waals surface area (Å²) in [4.78, 5) is 0. The number of hydrogen-bond donors (Lipinski definition) is 2. The molecule has 1 fully saturated rings. The molecule has 0 saturated carbocycles. The largest absolute Gasteiger partial charge is 0.487 e. The summed E-state index contributed by atoms with van der Waals surface area (Å²) < 4.78 is 28.4. The van der Waals surface area contributed by atoms with Crippen molar-refractivity contribution in [3.8, 4) is 5.75 Å². The van der Waals surface area contributed by atoms with Crippen molar-refractivity contribution in [2.75, 3.05) is 11.5 Å². The van der Waals surface area contributed by atoms with Crippen LogP contribution in [-0.2, 0) is 16.3 Å². The van der Waals surface area contributed by atoms with Gasteiger partial charge >= 0.3 is 0 Å². The summed E-state index contributed by atoms with van der Waals surface area (Å²) in [6.45, 7) is 0. The van der Waals surface area contributed by atoms with Crippen molar-refractivity contribution >= 4 is 15.5 Å². The number of nitrogens with zero attached hydrogens (tertiary/aromatic N) is 1. The van der Waals surface area contributed by atoms with E-state index in [4.69, 9.17) is 9.94 Å². The lowest BCUT2D eigenvalue weighted by Crippen LogP contribution is -2.29. The average Bonchev–Trinajstić information content (AvgIpc) is 2.89. The molecule has 0 radical (unpaired) electrons. The number of hydrogen-bond acceptors (Lipinski definition) is 6. The third-order valence-electron chi connectivity index (χ3n) is 3.70. The van der Waals surface area contributed by atoms with Crippen LogP contribution in [0.3, 0.4) is 0 Å². The molecule has 1 aromatic carbocycles.